The summed E-state index contributed by atoms with van der Waals surface area (Å²) >= 11 is 0. The van der Waals surface area contributed by atoms with Gasteiger partial charge in [-0.05, 0) is 18.9 Å². The van der Waals surface area contributed by atoms with E-state index in [-0.39, 0.29) is 5.78 Å². The lowest BCUT2D eigenvalue weighted by Crippen LogP contribution is -1.97. The topological polar surface area (TPSA) is 17.1 Å². The average molecular weight is 188 g/mol. The molecule has 0 aromatic heterocycles. The van der Waals surface area contributed by atoms with Crippen LogP contribution >= 0.6 is 0 Å². The molecule has 0 aliphatic rings. The number of carbonyl (C=O) groups excluding carboxylic acids is 1. The monoisotopic (exact) mass is 188 g/mol. The smallest absolute Gasteiger partial charge is 0.162 e. The van der Waals surface area contributed by atoms with Crippen LogP contribution in [0.2, 0.25) is 0 Å². The molecule has 0 saturated heterocycles. The van der Waals surface area contributed by atoms with E-state index in [9.17, 15) is 4.79 Å². The first kappa shape index (κ1) is 10.7. The second-order valence-corrected chi connectivity index (χ2v) is 3.53. The van der Waals surface area contributed by atoms with Crippen LogP contribution in [-0.4, -0.2) is 5.78 Å². The molecule has 0 saturated carbocycles. The number of hydrogen-bond donors (Lipinski definition) is 0. The Morgan fingerprint density at radius 2 is 1.71 bits per heavy atom. The molecule has 1 nitrogen and oxygen atoms in total. The van der Waals surface area contributed by atoms with E-state index in [1.807, 2.05) is 38.1 Å². The van der Waals surface area contributed by atoms with Gasteiger partial charge in [-0.3, -0.25) is 4.79 Å². The molecule has 1 heteroatoms. The predicted octanol–water partition coefficient (Wildman–Crippen LogP) is 3.70. The van der Waals surface area contributed by atoms with Crippen LogP contribution < -0.4 is 0 Å². The van der Waals surface area contributed by atoms with E-state index in [2.05, 4.69) is 6.58 Å². The van der Waals surface area contributed by atoms with Crippen LogP contribution in [-0.2, 0) is 0 Å². The van der Waals surface area contributed by atoms with Crippen molar-refractivity contribution in [3.63, 3.8) is 0 Å². The fraction of sp³-hybridized carbons (Fsp3) is 0.308. The Bertz CT molecular complexity index is 333. The third-order valence-corrected chi connectivity index (χ3v) is 2.18. The van der Waals surface area contributed by atoms with E-state index in [4.69, 9.17) is 0 Å². The normalized spacial score (nSPS) is 9.86. The fourth-order valence-electron chi connectivity index (χ4n) is 1.31. The first-order valence-corrected chi connectivity index (χ1v) is 4.94. The summed E-state index contributed by atoms with van der Waals surface area (Å²) in [5.41, 5.74) is 2.93. The molecule has 74 valence electrons. The van der Waals surface area contributed by atoms with Crippen LogP contribution in [0, 0.1) is 0 Å². The number of allylic oxidation sites excluding steroid dienone is 1. The summed E-state index contributed by atoms with van der Waals surface area (Å²) in [4.78, 5) is 11.5. The molecule has 0 atom stereocenters. The molecular weight excluding hydrogens is 172 g/mol. The lowest BCUT2D eigenvalue weighted by atomic mass is 10.0. The molecule has 0 heterocycles. The number of Topliss-reactive ketones (excluding diaryl/α,β-unsaturated/α-hetero) is 1. The Morgan fingerprint density at radius 3 is 2.14 bits per heavy atom. The summed E-state index contributed by atoms with van der Waals surface area (Å²) in [7, 11) is 0. The summed E-state index contributed by atoms with van der Waals surface area (Å²) in [5, 5.41) is 0. The highest BCUT2D eigenvalue weighted by Gasteiger charge is 2.03. The van der Waals surface area contributed by atoms with Crippen molar-refractivity contribution in [2.75, 3.05) is 0 Å². The van der Waals surface area contributed by atoms with Crippen molar-refractivity contribution < 1.29 is 4.79 Å². The summed E-state index contributed by atoms with van der Waals surface area (Å²) in [6.45, 7) is 7.83. The van der Waals surface area contributed by atoms with E-state index in [1.54, 1.807) is 0 Å². The summed E-state index contributed by atoms with van der Waals surface area (Å²) in [6, 6.07) is 7.65. The minimum absolute atomic E-state index is 0.223. The van der Waals surface area contributed by atoms with Gasteiger partial charge in [0.1, 0.15) is 0 Å². The highest BCUT2D eigenvalue weighted by atomic mass is 16.1. The molecule has 0 N–H and O–H groups in total. The Hall–Kier alpha value is -1.37. The van der Waals surface area contributed by atoms with E-state index in [0.29, 0.717) is 6.42 Å². The third kappa shape index (κ3) is 2.56. The zero-order chi connectivity index (χ0) is 10.6. The molecule has 0 aliphatic heterocycles. The van der Waals surface area contributed by atoms with Crippen molar-refractivity contribution in [3.05, 3.63) is 42.0 Å². The van der Waals surface area contributed by atoms with Crippen molar-refractivity contribution in [1.82, 2.24) is 0 Å². The van der Waals surface area contributed by atoms with Crippen molar-refractivity contribution in [1.29, 1.82) is 0 Å². The molecule has 0 fully saturated rings. The van der Waals surface area contributed by atoms with Crippen molar-refractivity contribution >= 4 is 11.4 Å². The van der Waals surface area contributed by atoms with Crippen LogP contribution in [0.3, 0.4) is 0 Å². The molecule has 0 amide bonds. The summed E-state index contributed by atoms with van der Waals surface area (Å²) < 4.78 is 0. The second-order valence-electron chi connectivity index (χ2n) is 3.53. The summed E-state index contributed by atoms with van der Waals surface area (Å²) in [6.07, 6.45) is 1.54. The highest BCUT2D eigenvalue weighted by molar-refractivity contribution is 5.96. The van der Waals surface area contributed by atoms with Gasteiger partial charge in [-0.25, -0.2) is 0 Å². The molecule has 1 rings (SSSR count). The van der Waals surface area contributed by atoms with Gasteiger partial charge < -0.3 is 0 Å². The van der Waals surface area contributed by atoms with Gasteiger partial charge in [-0.1, -0.05) is 43.3 Å². The summed E-state index contributed by atoms with van der Waals surface area (Å²) in [5.74, 6) is 0.223. The lowest BCUT2D eigenvalue weighted by molar-refractivity contribution is 0.0982. The first-order chi connectivity index (χ1) is 6.65. The minimum Gasteiger partial charge on any atom is -0.294 e. The first-order valence-electron chi connectivity index (χ1n) is 4.94. The van der Waals surface area contributed by atoms with Crippen molar-refractivity contribution in [2.45, 2.75) is 26.7 Å². The Morgan fingerprint density at radius 1 is 1.21 bits per heavy atom. The molecule has 1 aromatic rings. The van der Waals surface area contributed by atoms with E-state index in [1.165, 1.54) is 0 Å². The van der Waals surface area contributed by atoms with Gasteiger partial charge in [0.05, 0.1) is 0 Å². The zero-order valence-corrected chi connectivity index (χ0v) is 8.84. The van der Waals surface area contributed by atoms with Crippen LogP contribution in [0.1, 0.15) is 42.6 Å². The van der Waals surface area contributed by atoms with Crippen LogP contribution in [0.25, 0.3) is 5.57 Å². The standard InChI is InChI=1S/C13H16O/c1-4-5-13(14)12-8-6-11(7-9-12)10(2)3/h6-9H,2,4-5H2,1,3H3. The maximum absolute atomic E-state index is 11.5. The van der Waals surface area contributed by atoms with Crippen LogP contribution in [0.5, 0.6) is 0 Å². The molecule has 1 aromatic carbocycles. The lowest BCUT2D eigenvalue weighted by Gasteiger charge is -2.02. The van der Waals surface area contributed by atoms with Gasteiger partial charge in [-0.15, -0.1) is 0 Å². The van der Waals surface area contributed by atoms with Crippen molar-refractivity contribution in [2.24, 2.45) is 0 Å². The molecule has 0 spiro atoms. The van der Waals surface area contributed by atoms with E-state index >= 15 is 0 Å². The molecule has 0 unspecified atom stereocenters. The maximum atomic E-state index is 11.5. The van der Waals surface area contributed by atoms with Gasteiger partial charge in [0.15, 0.2) is 5.78 Å². The fourth-order valence-corrected chi connectivity index (χ4v) is 1.31. The Labute approximate surface area is 85.5 Å². The average Bonchev–Trinajstić information content (AvgIpc) is 2.18. The Balaban J connectivity index is 2.83. The maximum Gasteiger partial charge on any atom is 0.162 e. The quantitative estimate of drug-likeness (QED) is 0.658. The van der Waals surface area contributed by atoms with Gasteiger partial charge in [-0.2, -0.15) is 0 Å². The predicted molar refractivity (Wildman–Crippen MR) is 60.4 cm³/mol. The van der Waals surface area contributed by atoms with Gasteiger partial charge >= 0.3 is 0 Å². The number of benzene rings is 1. The minimum atomic E-state index is 0.223. The molecule has 14 heavy (non-hydrogen) atoms. The molecule has 0 radical (unpaired) electrons. The second kappa shape index (κ2) is 4.75. The SMILES string of the molecule is C=C(C)c1ccc(C(=O)CCC)cc1. The van der Waals surface area contributed by atoms with Gasteiger partial charge in [0.2, 0.25) is 0 Å². The zero-order valence-electron chi connectivity index (χ0n) is 8.84. The van der Waals surface area contributed by atoms with E-state index in [0.717, 1.165) is 23.1 Å². The molecule has 0 aliphatic carbocycles. The largest absolute Gasteiger partial charge is 0.294 e. The van der Waals surface area contributed by atoms with Gasteiger partial charge in [0, 0.05) is 12.0 Å². The van der Waals surface area contributed by atoms with Crippen LogP contribution in [0.15, 0.2) is 30.8 Å². The number of rotatable bonds is 4. The highest BCUT2D eigenvalue weighted by Crippen LogP contribution is 2.13. The third-order valence-electron chi connectivity index (χ3n) is 2.18. The number of hydrogen-bond acceptors (Lipinski definition) is 1. The molecule has 0 bridgehead atoms. The molecular formula is C13H16O. The van der Waals surface area contributed by atoms with Gasteiger partial charge in [0.25, 0.3) is 0 Å². The number of carbonyl (C=O) groups is 1. The number of ketones is 1. The van der Waals surface area contributed by atoms with Crippen molar-refractivity contribution in [3.8, 4) is 0 Å². The Kier molecular flexibility index (Phi) is 3.63. The van der Waals surface area contributed by atoms with Crippen LogP contribution in [0.4, 0.5) is 0 Å². The van der Waals surface area contributed by atoms with E-state index < -0.39 is 0 Å².